The highest BCUT2D eigenvalue weighted by Gasteiger charge is 2.31. The van der Waals surface area contributed by atoms with Gasteiger partial charge in [0.15, 0.2) is 0 Å². The zero-order valence-electron chi connectivity index (χ0n) is 8.67. The van der Waals surface area contributed by atoms with Crippen LogP contribution >= 0.6 is 12.2 Å². The predicted molar refractivity (Wildman–Crippen MR) is 62.9 cm³/mol. The number of carbonyl (C=O) groups excluding carboxylic acids is 1. The number of likely N-dealkylation sites (tertiary alicyclic amines) is 1. The first kappa shape index (κ1) is 10.9. The molecule has 6 heteroatoms. The standard InChI is InChI=1S/C10H12N4OS/c11-9(16)8-2-1-5-14(8)10(15)7-3-4-12-13-6-7/h3-4,6,8H,1-2,5H2,(H2,11,16). The van der Waals surface area contributed by atoms with E-state index < -0.39 is 0 Å². The SMILES string of the molecule is NC(=S)C1CCCN1C(=O)c1ccnnc1. The number of nitrogens with two attached hydrogens (primary N) is 1. The van der Waals surface area contributed by atoms with Gasteiger partial charge >= 0.3 is 0 Å². The number of thiocarbonyl (C=S) groups is 1. The average Bonchev–Trinajstić information content (AvgIpc) is 2.78. The first-order chi connectivity index (χ1) is 7.70. The molecule has 5 nitrogen and oxygen atoms in total. The number of hydrogen-bond donors (Lipinski definition) is 1. The van der Waals surface area contributed by atoms with Crippen LogP contribution in [-0.4, -0.2) is 38.6 Å². The van der Waals surface area contributed by atoms with Gasteiger partial charge in [-0.15, -0.1) is 0 Å². The molecule has 0 aliphatic carbocycles. The molecule has 0 aromatic carbocycles. The fourth-order valence-corrected chi connectivity index (χ4v) is 2.13. The van der Waals surface area contributed by atoms with Crippen molar-refractivity contribution in [3.05, 3.63) is 24.0 Å². The maximum Gasteiger partial charge on any atom is 0.256 e. The summed E-state index contributed by atoms with van der Waals surface area (Å²) in [7, 11) is 0. The Balaban J connectivity index is 2.19. The largest absolute Gasteiger partial charge is 0.392 e. The predicted octanol–water partition coefficient (Wildman–Crippen LogP) is 0.367. The van der Waals surface area contributed by atoms with E-state index in [4.69, 9.17) is 18.0 Å². The lowest BCUT2D eigenvalue weighted by molar-refractivity contribution is 0.0769. The Labute approximate surface area is 98.6 Å². The van der Waals surface area contributed by atoms with Crippen LogP contribution in [0.15, 0.2) is 18.5 Å². The minimum atomic E-state index is -0.115. The minimum absolute atomic E-state index is 0.0785. The number of nitrogens with zero attached hydrogens (tertiary/aromatic N) is 3. The van der Waals surface area contributed by atoms with Crippen molar-refractivity contribution in [2.75, 3.05) is 6.54 Å². The van der Waals surface area contributed by atoms with Crippen LogP contribution < -0.4 is 5.73 Å². The van der Waals surface area contributed by atoms with Gasteiger partial charge in [0.25, 0.3) is 5.91 Å². The van der Waals surface area contributed by atoms with Crippen molar-refractivity contribution in [2.24, 2.45) is 5.73 Å². The monoisotopic (exact) mass is 236 g/mol. The van der Waals surface area contributed by atoms with E-state index in [2.05, 4.69) is 10.2 Å². The highest BCUT2D eigenvalue weighted by molar-refractivity contribution is 7.80. The van der Waals surface area contributed by atoms with E-state index in [1.54, 1.807) is 11.0 Å². The van der Waals surface area contributed by atoms with Gasteiger partial charge in [-0.1, -0.05) is 12.2 Å². The van der Waals surface area contributed by atoms with Gasteiger partial charge in [-0.25, -0.2) is 0 Å². The Kier molecular flexibility index (Phi) is 3.09. The summed E-state index contributed by atoms with van der Waals surface area (Å²) in [4.78, 5) is 14.2. The molecule has 2 N–H and O–H groups in total. The van der Waals surface area contributed by atoms with Crippen LogP contribution in [0.25, 0.3) is 0 Å². The lowest BCUT2D eigenvalue weighted by Gasteiger charge is -2.23. The second kappa shape index (κ2) is 4.52. The second-order valence-corrected chi connectivity index (χ2v) is 4.16. The summed E-state index contributed by atoms with van der Waals surface area (Å²) in [5.74, 6) is -0.0785. The molecule has 1 fully saturated rings. The summed E-state index contributed by atoms with van der Waals surface area (Å²) in [6.07, 6.45) is 4.74. The van der Waals surface area contributed by atoms with Crippen LogP contribution in [0.4, 0.5) is 0 Å². The molecule has 1 amide bonds. The lowest BCUT2D eigenvalue weighted by Crippen LogP contribution is -2.42. The third-order valence-corrected chi connectivity index (χ3v) is 2.95. The van der Waals surface area contributed by atoms with E-state index in [-0.39, 0.29) is 11.9 Å². The highest BCUT2D eigenvalue weighted by Crippen LogP contribution is 2.19. The average molecular weight is 236 g/mol. The molecule has 0 radical (unpaired) electrons. The van der Waals surface area contributed by atoms with Crippen LogP contribution in [0.5, 0.6) is 0 Å². The molecule has 0 saturated carbocycles. The summed E-state index contributed by atoms with van der Waals surface area (Å²) < 4.78 is 0. The Morgan fingerprint density at radius 1 is 1.56 bits per heavy atom. The number of aromatic nitrogens is 2. The molecular formula is C10H12N4OS. The van der Waals surface area contributed by atoms with Crippen LogP contribution in [-0.2, 0) is 0 Å². The van der Waals surface area contributed by atoms with Crippen LogP contribution in [0.3, 0.4) is 0 Å². The van der Waals surface area contributed by atoms with Crippen molar-refractivity contribution in [1.29, 1.82) is 0 Å². The molecular weight excluding hydrogens is 224 g/mol. The molecule has 1 aromatic heterocycles. The molecule has 1 saturated heterocycles. The third kappa shape index (κ3) is 2.01. The number of amides is 1. The summed E-state index contributed by atoms with van der Waals surface area (Å²) in [5.41, 5.74) is 6.14. The van der Waals surface area contributed by atoms with Crippen molar-refractivity contribution in [1.82, 2.24) is 15.1 Å². The van der Waals surface area contributed by atoms with Gasteiger partial charge in [-0.05, 0) is 18.9 Å². The number of hydrogen-bond acceptors (Lipinski definition) is 4. The Morgan fingerprint density at radius 2 is 2.38 bits per heavy atom. The molecule has 2 heterocycles. The van der Waals surface area contributed by atoms with Gasteiger partial charge in [0.1, 0.15) is 0 Å². The summed E-state index contributed by atoms with van der Waals surface area (Å²) in [6, 6.07) is 1.53. The first-order valence-corrected chi connectivity index (χ1v) is 5.48. The fourth-order valence-electron chi connectivity index (χ4n) is 1.89. The maximum absolute atomic E-state index is 12.1. The topological polar surface area (TPSA) is 72.1 Å². The summed E-state index contributed by atoms with van der Waals surface area (Å²) in [6.45, 7) is 0.698. The smallest absolute Gasteiger partial charge is 0.256 e. The van der Waals surface area contributed by atoms with Gasteiger partial charge < -0.3 is 10.6 Å². The molecule has 1 aliphatic heterocycles. The van der Waals surface area contributed by atoms with Gasteiger partial charge in [0.2, 0.25) is 0 Å². The van der Waals surface area contributed by atoms with Crippen molar-refractivity contribution in [3.8, 4) is 0 Å². The lowest BCUT2D eigenvalue weighted by atomic mass is 10.2. The molecule has 1 atom stereocenters. The van der Waals surface area contributed by atoms with Crippen molar-refractivity contribution < 1.29 is 4.79 Å². The molecule has 1 aliphatic rings. The van der Waals surface area contributed by atoms with E-state index in [1.165, 1.54) is 12.4 Å². The van der Waals surface area contributed by atoms with E-state index >= 15 is 0 Å². The number of carbonyl (C=O) groups is 1. The van der Waals surface area contributed by atoms with E-state index in [0.717, 1.165) is 12.8 Å². The van der Waals surface area contributed by atoms with Gasteiger partial charge in [-0.3, -0.25) is 4.79 Å². The summed E-state index contributed by atoms with van der Waals surface area (Å²) >= 11 is 4.96. The fraction of sp³-hybridized carbons (Fsp3) is 0.400. The molecule has 1 aromatic rings. The quantitative estimate of drug-likeness (QED) is 0.751. The highest BCUT2D eigenvalue weighted by atomic mass is 32.1. The molecule has 16 heavy (non-hydrogen) atoms. The van der Waals surface area contributed by atoms with Crippen LogP contribution in [0, 0.1) is 0 Å². The van der Waals surface area contributed by atoms with Crippen molar-refractivity contribution >= 4 is 23.1 Å². The first-order valence-electron chi connectivity index (χ1n) is 5.07. The second-order valence-electron chi connectivity index (χ2n) is 3.69. The van der Waals surface area contributed by atoms with Gasteiger partial charge in [0, 0.05) is 6.54 Å². The molecule has 0 bridgehead atoms. The Bertz CT molecular complexity index is 409. The van der Waals surface area contributed by atoms with Crippen molar-refractivity contribution in [2.45, 2.75) is 18.9 Å². The van der Waals surface area contributed by atoms with E-state index in [9.17, 15) is 4.79 Å². The number of rotatable bonds is 2. The molecule has 1 unspecified atom stereocenters. The zero-order chi connectivity index (χ0) is 11.5. The molecule has 2 rings (SSSR count). The maximum atomic E-state index is 12.1. The van der Waals surface area contributed by atoms with Crippen LogP contribution in [0.1, 0.15) is 23.2 Å². The van der Waals surface area contributed by atoms with Gasteiger partial charge in [-0.2, -0.15) is 10.2 Å². The zero-order valence-corrected chi connectivity index (χ0v) is 9.48. The van der Waals surface area contributed by atoms with Gasteiger partial charge in [0.05, 0.1) is 29.0 Å². The minimum Gasteiger partial charge on any atom is -0.392 e. The van der Waals surface area contributed by atoms with Crippen molar-refractivity contribution in [3.63, 3.8) is 0 Å². The third-order valence-electron chi connectivity index (χ3n) is 2.67. The molecule has 0 spiro atoms. The van der Waals surface area contributed by atoms with E-state index in [1.807, 2.05) is 0 Å². The van der Waals surface area contributed by atoms with Crippen LogP contribution in [0.2, 0.25) is 0 Å². The van der Waals surface area contributed by atoms with E-state index in [0.29, 0.717) is 17.1 Å². The summed E-state index contributed by atoms with van der Waals surface area (Å²) in [5, 5.41) is 7.32. The molecule has 84 valence electrons. The normalized spacial score (nSPS) is 19.8. The Hall–Kier alpha value is -1.56. The Morgan fingerprint density at radius 3 is 3.00 bits per heavy atom.